The van der Waals surface area contributed by atoms with Crippen molar-refractivity contribution < 1.29 is 0 Å². The zero-order valence-electron chi connectivity index (χ0n) is 13.5. The van der Waals surface area contributed by atoms with E-state index in [2.05, 4.69) is 73.6 Å². The lowest BCUT2D eigenvalue weighted by Crippen LogP contribution is -2.56. The lowest BCUT2D eigenvalue weighted by atomic mass is 10.1. The van der Waals surface area contributed by atoms with Crippen molar-refractivity contribution in [3.05, 3.63) is 29.3 Å². The first-order valence-electron chi connectivity index (χ1n) is 7.32. The summed E-state index contributed by atoms with van der Waals surface area (Å²) in [7, 11) is -1.48. The molecule has 0 saturated heterocycles. The normalized spacial score (nSPS) is 12.8. The molecule has 18 heavy (non-hydrogen) atoms. The highest BCUT2D eigenvalue weighted by atomic mass is 28.3. The van der Waals surface area contributed by atoms with E-state index in [-0.39, 0.29) is 0 Å². The third kappa shape index (κ3) is 2.30. The first kappa shape index (κ1) is 15.5. The molecule has 0 fully saturated rings. The van der Waals surface area contributed by atoms with Crippen LogP contribution >= 0.6 is 0 Å². The summed E-state index contributed by atoms with van der Waals surface area (Å²) in [4.78, 5) is 0. The molecule has 0 aliphatic carbocycles. The number of benzene rings is 1. The molecule has 0 spiro atoms. The fraction of sp³-hybridized carbons (Fsp3) is 0.647. The molecule has 0 heterocycles. The summed E-state index contributed by atoms with van der Waals surface area (Å²) >= 11 is 0. The van der Waals surface area contributed by atoms with Crippen LogP contribution in [0.4, 0.5) is 0 Å². The molecule has 0 atom stereocenters. The van der Waals surface area contributed by atoms with Gasteiger partial charge in [0.2, 0.25) is 0 Å². The van der Waals surface area contributed by atoms with E-state index >= 15 is 0 Å². The summed E-state index contributed by atoms with van der Waals surface area (Å²) in [6, 6.07) is 6.92. The monoisotopic (exact) mass is 262 g/mol. The highest BCUT2D eigenvalue weighted by Crippen LogP contribution is 2.41. The highest BCUT2D eigenvalue weighted by molar-refractivity contribution is 6.95. The Labute approximate surface area is 115 Å². The van der Waals surface area contributed by atoms with Gasteiger partial charge in [-0.3, -0.25) is 0 Å². The Morgan fingerprint density at radius 3 is 1.61 bits per heavy atom. The van der Waals surface area contributed by atoms with Gasteiger partial charge in [0.25, 0.3) is 0 Å². The maximum Gasteiger partial charge on any atom is 0.0946 e. The third-order valence-corrected chi connectivity index (χ3v) is 12.1. The summed E-state index contributed by atoms with van der Waals surface area (Å²) in [6.45, 7) is 19.2. The predicted octanol–water partition coefficient (Wildman–Crippen LogP) is 5.19. The van der Waals surface area contributed by atoms with E-state index in [4.69, 9.17) is 0 Å². The van der Waals surface area contributed by atoms with Gasteiger partial charge in [0.1, 0.15) is 0 Å². The molecule has 1 aromatic carbocycles. The van der Waals surface area contributed by atoms with Gasteiger partial charge in [0.15, 0.2) is 0 Å². The van der Waals surface area contributed by atoms with E-state index in [1.165, 1.54) is 5.56 Å². The Morgan fingerprint density at radius 1 is 0.778 bits per heavy atom. The summed E-state index contributed by atoms with van der Waals surface area (Å²) < 4.78 is 0. The summed E-state index contributed by atoms with van der Waals surface area (Å²) in [5.41, 5.74) is 5.36. The molecule has 0 N–H and O–H groups in total. The second-order valence-corrected chi connectivity index (χ2v) is 12.5. The van der Waals surface area contributed by atoms with Crippen LogP contribution in [0.2, 0.25) is 16.6 Å². The van der Waals surface area contributed by atoms with Crippen LogP contribution in [0.25, 0.3) is 0 Å². The fourth-order valence-corrected chi connectivity index (χ4v) is 11.3. The van der Waals surface area contributed by atoms with Gasteiger partial charge >= 0.3 is 0 Å². The van der Waals surface area contributed by atoms with Crippen LogP contribution in [-0.4, -0.2) is 8.07 Å². The van der Waals surface area contributed by atoms with Crippen LogP contribution in [0.3, 0.4) is 0 Å². The van der Waals surface area contributed by atoms with E-state index in [9.17, 15) is 0 Å². The van der Waals surface area contributed by atoms with Crippen LogP contribution in [-0.2, 0) is 0 Å². The number of rotatable bonds is 4. The molecule has 0 aliphatic heterocycles. The van der Waals surface area contributed by atoms with E-state index in [0.29, 0.717) is 0 Å². The quantitative estimate of drug-likeness (QED) is 0.655. The lowest BCUT2D eigenvalue weighted by Gasteiger charge is -2.44. The number of hydrogen-bond acceptors (Lipinski definition) is 0. The minimum atomic E-state index is -1.48. The standard InChI is InChI=1S/C17H30Si/c1-12(2)18(13(3)4,14(5)6)17-11-9-10-15(7)16(17)8/h9-14H,1-8H3. The van der Waals surface area contributed by atoms with Crippen LogP contribution in [0.15, 0.2) is 18.2 Å². The summed E-state index contributed by atoms with van der Waals surface area (Å²) in [5.74, 6) is 0. The van der Waals surface area contributed by atoms with E-state index in [0.717, 1.165) is 16.6 Å². The molecular formula is C17H30Si. The average Bonchev–Trinajstić information content (AvgIpc) is 2.23. The Hall–Kier alpha value is -0.563. The minimum absolute atomic E-state index is 0.790. The summed E-state index contributed by atoms with van der Waals surface area (Å²) in [5, 5.41) is 1.70. The van der Waals surface area contributed by atoms with Crippen LogP contribution in [0, 0.1) is 13.8 Å². The van der Waals surface area contributed by atoms with Gasteiger partial charge in [-0.2, -0.15) is 0 Å². The molecule has 0 amide bonds. The van der Waals surface area contributed by atoms with Gasteiger partial charge in [0.05, 0.1) is 8.07 Å². The van der Waals surface area contributed by atoms with E-state index < -0.39 is 8.07 Å². The third-order valence-electron chi connectivity index (χ3n) is 4.94. The Kier molecular flexibility index (Phi) is 4.82. The predicted molar refractivity (Wildman–Crippen MR) is 86.6 cm³/mol. The molecular weight excluding hydrogens is 232 g/mol. The second kappa shape index (κ2) is 5.60. The van der Waals surface area contributed by atoms with Gasteiger partial charge in [-0.25, -0.2) is 0 Å². The van der Waals surface area contributed by atoms with Gasteiger partial charge in [0, 0.05) is 0 Å². The fourth-order valence-electron chi connectivity index (χ4n) is 4.15. The lowest BCUT2D eigenvalue weighted by molar-refractivity contribution is 0.834. The molecule has 0 aromatic heterocycles. The SMILES string of the molecule is Cc1cccc([Si](C(C)C)(C(C)C)C(C)C)c1C. The second-order valence-electron chi connectivity index (χ2n) is 6.64. The van der Waals surface area contributed by atoms with Gasteiger partial charge in [-0.15, -0.1) is 0 Å². The van der Waals surface area contributed by atoms with Crippen LogP contribution in [0.5, 0.6) is 0 Å². The minimum Gasteiger partial charge on any atom is -0.0648 e. The number of aryl methyl sites for hydroxylation is 1. The maximum absolute atomic E-state index is 2.44. The first-order chi connectivity index (χ1) is 8.26. The van der Waals surface area contributed by atoms with Crippen molar-refractivity contribution in [3.63, 3.8) is 0 Å². The number of hydrogen-bond donors (Lipinski definition) is 0. The molecule has 0 nitrogen and oxygen atoms in total. The van der Waals surface area contributed by atoms with Crippen molar-refractivity contribution >= 4 is 13.3 Å². The average molecular weight is 263 g/mol. The molecule has 0 aliphatic rings. The van der Waals surface area contributed by atoms with Crippen molar-refractivity contribution in [3.8, 4) is 0 Å². The van der Waals surface area contributed by atoms with Crippen molar-refractivity contribution in [1.29, 1.82) is 0 Å². The Bertz CT molecular complexity index is 380. The molecule has 102 valence electrons. The van der Waals surface area contributed by atoms with Crippen molar-refractivity contribution in [1.82, 2.24) is 0 Å². The topological polar surface area (TPSA) is 0 Å². The van der Waals surface area contributed by atoms with Crippen molar-refractivity contribution in [2.24, 2.45) is 0 Å². The van der Waals surface area contributed by atoms with Gasteiger partial charge in [-0.05, 0) is 41.6 Å². The molecule has 1 aromatic rings. The van der Waals surface area contributed by atoms with Gasteiger partial charge in [-0.1, -0.05) is 64.9 Å². The van der Waals surface area contributed by atoms with Gasteiger partial charge < -0.3 is 0 Å². The highest BCUT2D eigenvalue weighted by Gasteiger charge is 2.44. The first-order valence-corrected chi connectivity index (χ1v) is 9.56. The Morgan fingerprint density at radius 2 is 1.22 bits per heavy atom. The summed E-state index contributed by atoms with van der Waals surface area (Å²) in [6.07, 6.45) is 0. The largest absolute Gasteiger partial charge is 0.0946 e. The molecule has 0 unspecified atom stereocenters. The Balaban J connectivity index is 3.57. The van der Waals surface area contributed by atoms with Crippen molar-refractivity contribution in [2.45, 2.75) is 72.0 Å². The zero-order valence-corrected chi connectivity index (χ0v) is 14.5. The van der Waals surface area contributed by atoms with E-state index in [1.807, 2.05) is 0 Å². The molecule has 0 bridgehead atoms. The van der Waals surface area contributed by atoms with E-state index in [1.54, 1.807) is 10.8 Å². The van der Waals surface area contributed by atoms with Crippen LogP contribution < -0.4 is 5.19 Å². The molecule has 1 heteroatoms. The smallest absolute Gasteiger partial charge is 0.0648 e. The maximum atomic E-state index is 2.44. The zero-order chi connectivity index (χ0) is 14.1. The van der Waals surface area contributed by atoms with Crippen molar-refractivity contribution in [2.75, 3.05) is 0 Å². The molecule has 1 rings (SSSR count). The van der Waals surface area contributed by atoms with Crippen LogP contribution in [0.1, 0.15) is 52.7 Å². The molecule has 0 radical (unpaired) electrons. The molecule has 0 saturated carbocycles.